The van der Waals surface area contributed by atoms with E-state index in [4.69, 9.17) is 0 Å². The van der Waals surface area contributed by atoms with Gasteiger partial charge < -0.3 is 10.6 Å². The SMILES string of the molecule is CCNCCNS(=O)(=O)c1ccc(CNC(C)=O)cc1. The maximum atomic E-state index is 12.0. The fourth-order valence-corrected chi connectivity index (χ4v) is 2.58. The second-order valence-corrected chi connectivity index (χ2v) is 6.07. The summed E-state index contributed by atoms with van der Waals surface area (Å²) in [5.41, 5.74) is 0.854. The molecule has 0 aliphatic carbocycles. The average molecular weight is 299 g/mol. The molecule has 0 aromatic heterocycles. The van der Waals surface area contributed by atoms with Crippen LogP contribution in [0, 0.1) is 0 Å². The summed E-state index contributed by atoms with van der Waals surface area (Å²) in [5, 5.41) is 5.70. The van der Waals surface area contributed by atoms with Gasteiger partial charge >= 0.3 is 0 Å². The largest absolute Gasteiger partial charge is 0.352 e. The van der Waals surface area contributed by atoms with Crippen molar-refractivity contribution in [3.63, 3.8) is 0 Å². The molecule has 1 aromatic carbocycles. The highest BCUT2D eigenvalue weighted by Crippen LogP contribution is 2.10. The van der Waals surface area contributed by atoms with Crippen LogP contribution in [0.3, 0.4) is 0 Å². The van der Waals surface area contributed by atoms with E-state index >= 15 is 0 Å². The molecule has 6 nitrogen and oxygen atoms in total. The fraction of sp³-hybridized carbons (Fsp3) is 0.462. The topological polar surface area (TPSA) is 87.3 Å². The summed E-state index contributed by atoms with van der Waals surface area (Å²) >= 11 is 0. The van der Waals surface area contributed by atoms with E-state index in [-0.39, 0.29) is 10.8 Å². The Balaban J connectivity index is 2.60. The van der Waals surface area contributed by atoms with Gasteiger partial charge in [0, 0.05) is 26.6 Å². The third-order valence-corrected chi connectivity index (χ3v) is 4.10. The van der Waals surface area contributed by atoms with Crippen LogP contribution in [0.25, 0.3) is 0 Å². The Morgan fingerprint density at radius 1 is 1.15 bits per heavy atom. The first-order valence-electron chi connectivity index (χ1n) is 6.49. The Kier molecular flexibility index (Phi) is 6.63. The minimum Gasteiger partial charge on any atom is -0.352 e. The van der Waals surface area contributed by atoms with Crippen LogP contribution in [0.2, 0.25) is 0 Å². The minimum absolute atomic E-state index is 0.119. The van der Waals surface area contributed by atoms with Crippen molar-refractivity contribution in [3.8, 4) is 0 Å². The number of hydrogen-bond acceptors (Lipinski definition) is 4. The minimum atomic E-state index is -3.47. The van der Waals surface area contributed by atoms with Gasteiger partial charge in [-0.15, -0.1) is 0 Å². The monoisotopic (exact) mass is 299 g/mol. The normalized spacial score (nSPS) is 11.3. The molecular formula is C13H21N3O3S. The molecule has 0 saturated heterocycles. The number of carbonyl (C=O) groups is 1. The van der Waals surface area contributed by atoms with E-state index in [0.717, 1.165) is 12.1 Å². The summed E-state index contributed by atoms with van der Waals surface area (Å²) in [6.45, 7) is 5.54. The first-order valence-corrected chi connectivity index (χ1v) is 7.98. The van der Waals surface area contributed by atoms with Crippen LogP contribution in [-0.4, -0.2) is 34.0 Å². The van der Waals surface area contributed by atoms with Crippen molar-refractivity contribution in [2.24, 2.45) is 0 Å². The molecule has 0 atom stereocenters. The average Bonchev–Trinajstić information content (AvgIpc) is 2.42. The lowest BCUT2D eigenvalue weighted by Crippen LogP contribution is -2.31. The summed E-state index contributed by atoms with van der Waals surface area (Å²) < 4.78 is 26.4. The Morgan fingerprint density at radius 2 is 1.80 bits per heavy atom. The van der Waals surface area contributed by atoms with Gasteiger partial charge in [0.25, 0.3) is 0 Å². The lowest BCUT2D eigenvalue weighted by molar-refractivity contribution is -0.119. The molecule has 0 aliphatic rings. The Labute approximate surface area is 120 Å². The molecule has 0 radical (unpaired) electrons. The molecule has 1 rings (SSSR count). The summed E-state index contributed by atoms with van der Waals surface area (Å²) in [4.78, 5) is 11.0. The van der Waals surface area contributed by atoms with Gasteiger partial charge in [0.1, 0.15) is 0 Å². The van der Waals surface area contributed by atoms with Gasteiger partial charge in [-0.1, -0.05) is 19.1 Å². The molecule has 0 saturated carbocycles. The molecule has 20 heavy (non-hydrogen) atoms. The molecule has 112 valence electrons. The molecule has 1 amide bonds. The predicted molar refractivity (Wildman–Crippen MR) is 77.7 cm³/mol. The third kappa shape index (κ3) is 5.68. The molecule has 0 heterocycles. The van der Waals surface area contributed by atoms with Crippen molar-refractivity contribution >= 4 is 15.9 Å². The second kappa shape index (κ2) is 7.98. The van der Waals surface area contributed by atoms with E-state index in [2.05, 4.69) is 15.4 Å². The van der Waals surface area contributed by atoms with Crippen molar-refractivity contribution in [1.82, 2.24) is 15.4 Å². The van der Waals surface area contributed by atoms with Crippen molar-refractivity contribution in [3.05, 3.63) is 29.8 Å². The lowest BCUT2D eigenvalue weighted by atomic mass is 10.2. The Bertz CT molecular complexity index is 526. The maximum Gasteiger partial charge on any atom is 0.240 e. The van der Waals surface area contributed by atoms with Crippen LogP contribution in [0.5, 0.6) is 0 Å². The molecule has 0 spiro atoms. The molecule has 0 unspecified atom stereocenters. The summed E-state index contributed by atoms with van der Waals surface area (Å²) in [6, 6.07) is 6.45. The van der Waals surface area contributed by atoms with E-state index in [1.165, 1.54) is 19.1 Å². The highest BCUT2D eigenvalue weighted by atomic mass is 32.2. The van der Waals surface area contributed by atoms with Gasteiger partial charge in [0.05, 0.1) is 4.90 Å². The number of carbonyl (C=O) groups excluding carboxylic acids is 1. The first-order chi connectivity index (χ1) is 9.45. The van der Waals surface area contributed by atoms with Gasteiger partial charge in [-0.05, 0) is 24.2 Å². The van der Waals surface area contributed by atoms with Crippen molar-refractivity contribution in [2.45, 2.75) is 25.3 Å². The second-order valence-electron chi connectivity index (χ2n) is 4.31. The molecular weight excluding hydrogens is 278 g/mol. The van der Waals surface area contributed by atoms with Crippen LogP contribution in [0.1, 0.15) is 19.4 Å². The number of sulfonamides is 1. The molecule has 0 fully saturated rings. The van der Waals surface area contributed by atoms with Gasteiger partial charge in [0.15, 0.2) is 0 Å². The van der Waals surface area contributed by atoms with Crippen molar-refractivity contribution < 1.29 is 13.2 Å². The predicted octanol–water partition coefficient (Wildman–Crippen LogP) is 0.211. The van der Waals surface area contributed by atoms with E-state index in [1.54, 1.807) is 12.1 Å². The molecule has 7 heteroatoms. The van der Waals surface area contributed by atoms with E-state index in [1.807, 2.05) is 6.92 Å². The van der Waals surface area contributed by atoms with E-state index in [0.29, 0.717) is 19.6 Å². The van der Waals surface area contributed by atoms with Gasteiger partial charge in [0.2, 0.25) is 15.9 Å². The van der Waals surface area contributed by atoms with Crippen LogP contribution < -0.4 is 15.4 Å². The highest BCUT2D eigenvalue weighted by Gasteiger charge is 2.12. The quantitative estimate of drug-likeness (QED) is 0.599. The van der Waals surface area contributed by atoms with Gasteiger partial charge in [-0.2, -0.15) is 0 Å². The Morgan fingerprint density at radius 3 is 2.35 bits per heavy atom. The Hall–Kier alpha value is -1.44. The van der Waals surface area contributed by atoms with Crippen LogP contribution in [0.4, 0.5) is 0 Å². The summed E-state index contributed by atoms with van der Waals surface area (Å²) in [7, 11) is -3.47. The van der Waals surface area contributed by atoms with Crippen molar-refractivity contribution in [1.29, 1.82) is 0 Å². The third-order valence-electron chi connectivity index (χ3n) is 2.62. The zero-order valence-electron chi connectivity index (χ0n) is 11.8. The molecule has 0 bridgehead atoms. The number of benzene rings is 1. The van der Waals surface area contributed by atoms with Crippen molar-refractivity contribution in [2.75, 3.05) is 19.6 Å². The lowest BCUT2D eigenvalue weighted by Gasteiger charge is -2.08. The summed E-state index contributed by atoms with van der Waals surface area (Å²) in [6.07, 6.45) is 0. The molecule has 0 aliphatic heterocycles. The van der Waals surface area contributed by atoms with Crippen LogP contribution in [0.15, 0.2) is 29.2 Å². The van der Waals surface area contributed by atoms with Crippen LogP contribution in [-0.2, 0) is 21.4 Å². The molecule has 1 aromatic rings. The van der Waals surface area contributed by atoms with Gasteiger partial charge in [-0.25, -0.2) is 13.1 Å². The summed E-state index contributed by atoms with van der Waals surface area (Å²) in [5.74, 6) is -0.119. The highest BCUT2D eigenvalue weighted by molar-refractivity contribution is 7.89. The smallest absolute Gasteiger partial charge is 0.240 e. The zero-order chi connectivity index (χ0) is 15.0. The van der Waals surface area contributed by atoms with Gasteiger partial charge in [-0.3, -0.25) is 4.79 Å². The molecule has 3 N–H and O–H groups in total. The fourth-order valence-electron chi connectivity index (χ4n) is 1.55. The van der Waals surface area contributed by atoms with E-state index in [9.17, 15) is 13.2 Å². The number of likely N-dealkylation sites (N-methyl/N-ethyl adjacent to an activating group) is 1. The number of hydrogen-bond donors (Lipinski definition) is 3. The standard InChI is InChI=1S/C13H21N3O3S/c1-3-14-8-9-16-20(18,19)13-6-4-12(5-7-13)10-15-11(2)17/h4-7,14,16H,3,8-10H2,1-2H3,(H,15,17). The first kappa shape index (κ1) is 16.6. The van der Waals surface area contributed by atoms with E-state index < -0.39 is 10.0 Å². The number of rotatable bonds is 8. The maximum absolute atomic E-state index is 12.0. The number of nitrogens with one attached hydrogen (secondary N) is 3. The number of amides is 1. The zero-order valence-corrected chi connectivity index (χ0v) is 12.6. The van der Waals surface area contributed by atoms with Crippen LogP contribution >= 0.6 is 0 Å².